The molecule has 0 atom stereocenters. The van der Waals surface area contributed by atoms with Gasteiger partial charge in [-0.25, -0.2) is 9.78 Å². The molecule has 0 fully saturated rings. The summed E-state index contributed by atoms with van der Waals surface area (Å²) < 4.78 is 11.2. The van der Waals surface area contributed by atoms with E-state index in [9.17, 15) is 9.59 Å². The first-order valence-electron chi connectivity index (χ1n) is 9.25. The molecule has 0 saturated carbocycles. The van der Waals surface area contributed by atoms with Crippen LogP contribution in [0.2, 0.25) is 0 Å². The van der Waals surface area contributed by atoms with E-state index in [2.05, 4.69) is 20.9 Å². The molecule has 1 aliphatic rings. The number of nitrogens with zero attached hydrogens (tertiary/aromatic N) is 1. The van der Waals surface area contributed by atoms with Crippen LogP contribution in [0.15, 0.2) is 21.4 Å². The number of H-pyrrole nitrogens is 1. The summed E-state index contributed by atoms with van der Waals surface area (Å²) >= 11 is 5.00. The van der Waals surface area contributed by atoms with E-state index in [-0.39, 0.29) is 11.3 Å². The summed E-state index contributed by atoms with van der Waals surface area (Å²) in [5, 5.41) is 9.56. The molecular weight excluding hydrogens is 460 g/mol. The number of benzene rings is 1. The Balaban J connectivity index is 1.79. The number of aryl methyl sites for hydroxylation is 2. The molecule has 0 unspecified atom stereocenters. The smallest absolute Gasteiger partial charge is 0.341 e. The van der Waals surface area contributed by atoms with E-state index in [0.717, 1.165) is 36.1 Å². The molecular formula is C20H19BrN2O5S. The highest BCUT2D eigenvalue weighted by Crippen LogP contribution is 2.40. The van der Waals surface area contributed by atoms with Crippen molar-refractivity contribution in [3.05, 3.63) is 37.4 Å². The van der Waals surface area contributed by atoms with Gasteiger partial charge in [0.2, 0.25) is 0 Å². The fourth-order valence-corrected chi connectivity index (χ4v) is 5.43. The van der Waals surface area contributed by atoms with Gasteiger partial charge in [0.05, 0.1) is 17.0 Å². The molecule has 0 amide bonds. The number of carboxylic acid groups (broad SMARTS) is 1. The third-order valence-electron chi connectivity index (χ3n) is 4.92. The van der Waals surface area contributed by atoms with Crippen molar-refractivity contribution in [2.75, 3.05) is 13.7 Å². The van der Waals surface area contributed by atoms with E-state index in [0.29, 0.717) is 27.0 Å². The number of carbonyl (C=O) groups is 1. The van der Waals surface area contributed by atoms with Gasteiger partial charge in [0.1, 0.15) is 10.7 Å². The Bertz CT molecular complexity index is 1150. The predicted octanol–water partition coefficient (Wildman–Crippen LogP) is 4.16. The number of ether oxygens (including phenoxy) is 2. The summed E-state index contributed by atoms with van der Waals surface area (Å²) in [6.07, 6.45) is 5.36. The topological polar surface area (TPSA) is 102 Å². The molecule has 2 N–H and O–H groups in total. The summed E-state index contributed by atoms with van der Waals surface area (Å²) in [5.74, 6) is -0.0233. The van der Waals surface area contributed by atoms with Gasteiger partial charge in [0, 0.05) is 10.4 Å². The number of rotatable bonds is 5. The fourth-order valence-electron chi connectivity index (χ4n) is 3.61. The largest absolute Gasteiger partial charge is 0.493 e. The van der Waals surface area contributed by atoms with Gasteiger partial charge in [-0.1, -0.05) is 6.42 Å². The molecule has 2 aromatic heterocycles. The minimum Gasteiger partial charge on any atom is -0.493 e. The third-order valence-corrected chi connectivity index (χ3v) is 6.69. The first kappa shape index (κ1) is 19.9. The number of aromatic nitrogens is 2. The molecule has 9 heteroatoms. The van der Waals surface area contributed by atoms with Crippen molar-refractivity contribution in [2.45, 2.75) is 32.1 Å². The molecule has 3 aromatic rings. The lowest BCUT2D eigenvalue weighted by Crippen LogP contribution is -2.11. The highest BCUT2D eigenvalue weighted by molar-refractivity contribution is 9.10. The first-order valence-corrected chi connectivity index (χ1v) is 10.9. The van der Waals surface area contributed by atoms with Crippen LogP contribution in [-0.2, 0) is 17.6 Å². The van der Waals surface area contributed by atoms with Crippen LogP contribution < -0.4 is 15.0 Å². The zero-order valence-corrected chi connectivity index (χ0v) is 18.1. The third kappa shape index (κ3) is 3.89. The number of thiophene rings is 1. The summed E-state index contributed by atoms with van der Waals surface area (Å²) in [7, 11) is 1.47. The number of nitrogens with one attached hydrogen (secondary N) is 1. The number of hydrogen-bond acceptors (Lipinski definition) is 6. The second kappa shape index (κ2) is 8.16. The summed E-state index contributed by atoms with van der Waals surface area (Å²) in [5.41, 5.74) is 1.66. The Kier molecular flexibility index (Phi) is 5.60. The van der Waals surface area contributed by atoms with E-state index in [1.165, 1.54) is 18.4 Å². The van der Waals surface area contributed by atoms with Crippen molar-refractivity contribution in [1.82, 2.24) is 9.97 Å². The second-order valence-corrected chi connectivity index (χ2v) is 8.77. The molecule has 0 radical (unpaired) electrons. The van der Waals surface area contributed by atoms with Gasteiger partial charge < -0.3 is 19.6 Å². The van der Waals surface area contributed by atoms with Crippen LogP contribution in [0.25, 0.3) is 21.6 Å². The average Bonchev–Trinajstić information content (AvgIpc) is 2.88. The number of fused-ring (bicyclic) bond motifs is 3. The highest BCUT2D eigenvalue weighted by Gasteiger charge is 2.20. The Morgan fingerprint density at radius 2 is 2.10 bits per heavy atom. The maximum atomic E-state index is 12.9. The molecule has 4 rings (SSSR count). The van der Waals surface area contributed by atoms with Gasteiger partial charge in [-0.15, -0.1) is 11.3 Å². The van der Waals surface area contributed by atoms with Gasteiger partial charge in [-0.3, -0.25) is 4.79 Å². The summed E-state index contributed by atoms with van der Waals surface area (Å²) in [6.45, 7) is -0.490. The van der Waals surface area contributed by atoms with Crippen LogP contribution in [0.4, 0.5) is 0 Å². The number of aromatic amines is 1. The van der Waals surface area contributed by atoms with Gasteiger partial charge in [0.15, 0.2) is 18.1 Å². The molecule has 152 valence electrons. The second-order valence-electron chi connectivity index (χ2n) is 6.83. The normalized spacial score (nSPS) is 13.7. The zero-order chi connectivity index (χ0) is 20.5. The molecule has 0 bridgehead atoms. The first-order chi connectivity index (χ1) is 14.0. The lowest BCUT2D eigenvalue weighted by atomic mass is 10.1. The average molecular weight is 479 g/mol. The van der Waals surface area contributed by atoms with E-state index < -0.39 is 12.6 Å². The Morgan fingerprint density at radius 1 is 1.31 bits per heavy atom. The molecule has 0 aliphatic heterocycles. The van der Waals surface area contributed by atoms with Crippen molar-refractivity contribution >= 4 is 43.5 Å². The Morgan fingerprint density at radius 3 is 2.86 bits per heavy atom. The molecule has 7 nitrogen and oxygen atoms in total. The standard InChI is InChI=1S/C20H19BrN2O5S/c1-27-13-8-10(7-12(21)17(13)28-9-15(24)25)18-22-19(26)16-11-5-3-2-4-6-14(11)29-20(16)23-18/h7-8H,2-6,9H2,1H3,(H,24,25)(H,22,23,26). The zero-order valence-electron chi connectivity index (χ0n) is 15.7. The number of halogens is 1. The van der Waals surface area contributed by atoms with E-state index >= 15 is 0 Å². The van der Waals surface area contributed by atoms with Crippen molar-refractivity contribution in [1.29, 1.82) is 0 Å². The quantitative estimate of drug-likeness (QED) is 0.533. The Hall–Kier alpha value is -2.39. The van der Waals surface area contributed by atoms with Gasteiger partial charge in [-0.2, -0.15) is 0 Å². The van der Waals surface area contributed by atoms with Gasteiger partial charge >= 0.3 is 5.97 Å². The SMILES string of the molecule is COc1cc(-c2nc3sc4c(c3c(=O)[nH]2)CCCCC4)cc(Br)c1OCC(=O)O. The van der Waals surface area contributed by atoms with E-state index in [1.807, 2.05) is 0 Å². The maximum absolute atomic E-state index is 12.9. The van der Waals surface area contributed by atoms with Crippen LogP contribution in [0.5, 0.6) is 11.5 Å². The monoisotopic (exact) mass is 478 g/mol. The number of carboxylic acids is 1. The molecule has 1 aliphatic carbocycles. The number of methoxy groups -OCH3 is 1. The van der Waals surface area contributed by atoms with Crippen LogP contribution >= 0.6 is 27.3 Å². The van der Waals surface area contributed by atoms with Crippen LogP contribution in [0.3, 0.4) is 0 Å². The minimum atomic E-state index is -1.09. The van der Waals surface area contributed by atoms with E-state index in [4.69, 9.17) is 19.6 Å². The predicted molar refractivity (Wildman–Crippen MR) is 114 cm³/mol. The van der Waals surface area contributed by atoms with Crippen molar-refractivity contribution in [3.63, 3.8) is 0 Å². The minimum absolute atomic E-state index is 0.134. The lowest BCUT2D eigenvalue weighted by Gasteiger charge is -2.13. The Labute approximate surface area is 178 Å². The molecule has 29 heavy (non-hydrogen) atoms. The highest BCUT2D eigenvalue weighted by atomic mass is 79.9. The molecule has 0 spiro atoms. The van der Waals surface area contributed by atoms with E-state index in [1.54, 1.807) is 23.5 Å². The fraction of sp³-hybridized carbons (Fsp3) is 0.350. The summed E-state index contributed by atoms with van der Waals surface area (Å²) in [4.78, 5) is 33.3. The molecule has 2 heterocycles. The molecule has 0 saturated heterocycles. The number of hydrogen-bond donors (Lipinski definition) is 2. The molecule has 1 aromatic carbocycles. The van der Waals surface area contributed by atoms with Crippen molar-refractivity contribution < 1.29 is 19.4 Å². The van der Waals surface area contributed by atoms with Gasteiger partial charge in [0.25, 0.3) is 5.56 Å². The van der Waals surface area contributed by atoms with Crippen LogP contribution in [0, 0.1) is 0 Å². The van der Waals surface area contributed by atoms with Crippen molar-refractivity contribution in [2.24, 2.45) is 0 Å². The maximum Gasteiger partial charge on any atom is 0.341 e. The summed E-state index contributed by atoms with van der Waals surface area (Å²) in [6, 6.07) is 3.40. The van der Waals surface area contributed by atoms with Crippen LogP contribution in [0.1, 0.15) is 29.7 Å². The van der Waals surface area contributed by atoms with Gasteiger partial charge in [-0.05, 0) is 59.3 Å². The van der Waals surface area contributed by atoms with Crippen LogP contribution in [-0.4, -0.2) is 34.8 Å². The number of aliphatic carboxylic acids is 1. The lowest BCUT2D eigenvalue weighted by molar-refractivity contribution is -0.139. The van der Waals surface area contributed by atoms with Crippen molar-refractivity contribution in [3.8, 4) is 22.9 Å².